The number of hydrogen-bond donors (Lipinski definition) is 1. The van der Waals surface area contributed by atoms with Gasteiger partial charge in [-0.15, -0.1) is 0 Å². The molecule has 0 aliphatic carbocycles. The van der Waals surface area contributed by atoms with Crippen LogP contribution in [0.5, 0.6) is 5.75 Å². The van der Waals surface area contributed by atoms with E-state index in [1.54, 1.807) is 67.6 Å². The molecule has 202 valence electrons. The van der Waals surface area contributed by atoms with Crippen molar-refractivity contribution in [2.24, 2.45) is 0 Å². The van der Waals surface area contributed by atoms with Gasteiger partial charge in [0.15, 0.2) is 0 Å². The Balaban J connectivity index is 2.07. The number of amides is 2. The van der Waals surface area contributed by atoms with Crippen LogP contribution in [0.1, 0.15) is 18.9 Å². The molecule has 0 aromatic heterocycles. The highest BCUT2D eigenvalue weighted by Crippen LogP contribution is 2.28. The second kappa shape index (κ2) is 13.0. The van der Waals surface area contributed by atoms with Crippen LogP contribution < -0.4 is 14.4 Å². The highest BCUT2D eigenvalue weighted by atomic mass is 35.5. The molecule has 0 spiro atoms. The van der Waals surface area contributed by atoms with E-state index in [1.165, 1.54) is 31.2 Å². The maximum Gasteiger partial charge on any atom is 0.264 e. The first-order valence-corrected chi connectivity index (χ1v) is 14.0. The van der Waals surface area contributed by atoms with E-state index in [1.807, 2.05) is 0 Å². The van der Waals surface area contributed by atoms with Crippen LogP contribution in [0.4, 0.5) is 5.69 Å². The molecule has 1 atom stereocenters. The first kappa shape index (κ1) is 29.3. The molecule has 2 amide bonds. The van der Waals surface area contributed by atoms with Crippen molar-refractivity contribution >= 4 is 50.7 Å². The van der Waals surface area contributed by atoms with E-state index in [0.717, 1.165) is 4.31 Å². The number of nitrogens with zero attached hydrogens (tertiary/aromatic N) is 2. The number of rotatable bonds is 11. The lowest BCUT2D eigenvalue weighted by Crippen LogP contribution is -2.51. The van der Waals surface area contributed by atoms with Crippen LogP contribution >= 0.6 is 23.2 Å². The summed E-state index contributed by atoms with van der Waals surface area (Å²) in [4.78, 5) is 28.0. The fourth-order valence-corrected chi connectivity index (χ4v) is 5.82. The maximum absolute atomic E-state index is 13.9. The molecule has 0 radical (unpaired) electrons. The zero-order chi connectivity index (χ0) is 27.9. The smallest absolute Gasteiger partial charge is 0.264 e. The Kier molecular flexibility index (Phi) is 10.0. The molecular formula is C27H29Cl2N3O5S. The van der Waals surface area contributed by atoms with Crippen molar-refractivity contribution in [2.45, 2.75) is 30.8 Å². The number of ether oxygens (including phenoxy) is 1. The average molecular weight is 579 g/mol. The first-order valence-electron chi connectivity index (χ1n) is 11.8. The number of anilines is 1. The fraction of sp³-hybridized carbons (Fsp3) is 0.259. The normalized spacial score (nSPS) is 11.9. The summed E-state index contributed by atoms with van der Waals surface area (Å²) in [6.07, 6.45) is 0.296. The molecule has 38 heavy (non-hydrogen) atoms. The van der Waals surface area contributed by atoms with E-state index in [9.17, 15) is 18.0 Å². The number of nitrogens with one attached hydrogen (secondary N) is 1. The monoisotopic (exact) mass is 577 g/mol. The largest absolute Gasteiger partial charge is 0.497 e. The van der Waals surface area contributed by atoms with Gasteiger partial charge in [0, 0.05) is 23.6 Å². The predicted molar refractivity (Wildman–Crippen MR) is 149 cm³/mol. The van der Waals surface area contributed by atoms with Gasteiger partial charge in [-0.05, 0) is 60.5 Å². The number of likely N-dealkylation sites (N-methyl/N-ethyl adjacent to an activating group) is 1. The summed E-state index contributed by atoms with van der Waals surface area (Å²) in [7, 11) is -1.17. The SMILES string of the molecule is CCC(C(=O)NC)N(Cc1ccc(Cl)cc1Cl)C(=O)CN(c1ccc(OC)cc1)S(=O)(=O)c1ccccc1. The van der Waals surface area contributed by atoms with Crippen LogP contribution in [0.2, 0.25) is 10.0 Å². The topological polar surface area (TPSA) is 96.0 Å². The molecule has 0 aliphatic rings. The van der Waals surface area contributed by atoms with Crippen molar-refractivity contribution in [3.05, 3.63) is 88.4 Å². The molecule has 1 N–H and O–H groups in total. The van der Waals surface area contributed by atoms with E-state index in [0.29, 0.717) is 27.8 Å². The minimum Gasteiger partial charge on any atom is -0.497 e. The molecule has 0 saturated carbocycles. The number of hydrogen-bond acceptors (Lipinski definition) is 5. The number of methoxy groups -OCH3 is 1. The van der Waals surface area contributed by atoms with Crippen LogP contribution in [0.15, 0.2) is 77.7 Å². The molecule has 0 bridgehead atoms. The molecule has 1 unspecified atom stereocenters. The van der Waals surface area contributed by atoms with Gasteiger partial charge in [-0.1, -0.05) is 54.4 Å². The van der Waals surface area contributed by atoms with Gasteiger partial charge >= 0.3 is 0 Å². The number of carbonyl (C=O) groups is 2. The molecule has 0 heterocycles. The van der Waals surface area contributed by atoms with Gasteiger partial charge in [0.05, 0.1) is 17.7 Å². The van der Waals surface area contributed by atoms with E-state index < -0.39 is 28.5 Å². The first-order chi connectivity index (χ1) is 18.1. The Bertz CT molecular complexity index is 1370. The Morgan fingerprint density at radius 1 is 1.00 bits per heavy atom. The summed E-state index contributed by atoms with van der Waals surface area (Å²) >= 11 is 12.4. The summed E-state index contributed by atoms with van der Waals surface area (Å²) in [6, 6.07) is 18.2. The highest BCUT2D eigenvalue weighted by molar-refractivity contribution is 7.92. The van der Waals surface area contributed by atoms with Crippen molar-refractivity contribution in [1.82, 2.24) is 10.2 Å². The van der Waals surface area contributed by atoms with Crippen molar-refractivity contribution < 1.29 is 22.7 Å². The summed E-state index contributed by atoms with van der Waals surface area (Å²) < 4.78 is 33.7. The van der Waals surface area contributed by atoms with Gasteiger partial charge in [-0.3, -0.25) is 13.9 Å². The summed E-state index contributed by atoms with van der Waals surface area (Å²) in [6.45, 7) is 1.19. The lowest BCUT2D eigenvalue weighted by molar-refractivity contribution is -0.140. The third-order valence-corrected chi connectivity index (χ3v) is 8.33. The molecule has 11 heteroatoms. The van der Waals surface area contributed by atoms with Crippen molar-refractivity contribution in [2.75, 3.05) is 25.0 Å². The van der Waals surface area contributed by atoms with Gasteiger partial charge < -0.3 is 15.0 Å². The quantitative estimate of drug-likeness (QED) is 0.354. The summed E-state index contributed by atoms with van der Waals surface area (Å²) in [5, 5.41) is 3.33. The molecule has 0 saturated heterocycles. The summed E-state index contributed by atoms with van der Waals surface area (Å²) in [5.41, 5.74) is 0.828. The molecule has 3 aromatic carbocycles. The second-order valence-corrected chi connectivity index (χ2v) is 11.0. The molecule has 0 fully saturated rings. The van der Waals surface area contributed by atoms with Gasteiger partial charge in [0.1, 0.15) is 18.3 Å². The number of sulfonamides is 1. The van der Waals surface area contributed by atoms with Gasteiger partial charge in [-0.25, -0.2) is 8.42 Å². The lowest BCUT2D eigenvalue weighted by Gasteiger charge is -2.33. The van der Waals surface area contributed by atoms with Crippen LogP contribution in [0, 0.1) is 0 Å². The van der Waals surface area contributed by atoms with E-state index in [2.05, 4.69) is 5.32 Å². The zero-order valence-corrected chi connectivity index (χ0v) is 23.6. The number of benzene rings is 3. The Labute approximate surface area is 233 Å². The molecule has 3 rings (SSSR count). The number of halogens is 2. The van der Waals surface area contributed by atoms with Crippen LogP contribution in [-0.4, -0.2) is 51.9 Å². The standard InChI is InChI=1S/C27H29Cl2N3O5S/c1-4-25(27(34)30-2)31(17-19-10-11-20(28)16-24(19)29)26(33)18-32(21-12-14-22(37-3)15-13-21)38(35,36)23-8-6-5-7-9-23/h5-16,25H,4,17-18H2,1-3H3,(H,30,34). The van der Waals surface area contributed by atoms with E-state index >= 15 is 0 Å². The minimum atomic E-state index is -4.15. The van der Waals surface area contributed by atoms with Crippen LogP contribution in [0.25, 0.3) is 0 Å². The molecule has 3 aromatic rings. The fourth-order valence-electron chi connectivity index (χ4n) is 3.92. The predicted octanol–water partition coefficient (Wildman–Crippen LogP) is 4.75. The van der Waals surface area contributed by atoms with Gasteiger partial charge in [-0.2, -0.15) is 0 Å². The Morgan fingerprint density at radius 3 is 2.21 bits per heavy atom. The lowest BCUT2D eigenvalue weighted by atomic mass is 10.1. The van der Waals surface area contributed by atoms with Crippen molar-refractivity contribution in [1.29, 1.82) is 0 Å². The number of carbonyl (C=O) groups excluding carboxylic acids is 2. The molecule has 8 nitrogen and oxygen atoms in total. The minimum absolute atomic E-state index is 0.0225. The van der Waals surface area contributed by atoms with Crippen LogP contribution in [-0.2, 0) is 26.2 Å². The van der Waals surface area contributed by atoms with Crippen molar-refractivity contribution in [3.8, 4) is 5.75 Å². The van der Waals surface area contributed by atoms with E-state index in [4.69, 9.17) is 27.9 Å². The molecular weight excluding hydrogens is 549 g/mol. The molecule has 0 aliphatic heterocycles. The second-order valence-electron chi connectivity index (χ2n) is 8.32. The van der Waals surface area contributed by atoms with Gasteiger partial charge in [0.2, 0.25) is 11.8 Å². The Hall–Kier alpha value is -3.27. The zero-order valence-electron chi connectivity index (χ0n) is 21.2. The third-order valence-electron chi connectivity index (χ3n) is 5.96. The third kappa shape index (κ3) is 6.78. The highest BCUT2D eigenvalue weighted by Gasteiger charge is 2.33. The van der Waals surface area contributed by atoms with Crippen LogP contribution in [0.3, 0.4) is 0 Å². The average Bonchev–Trinajstić information content (AvgIpc) is 2.92. The Morgan fingerprint density at radius 2 is 1.66 bits per heavy atom. The maximum atomic E-state index is 13.9. The van der Waals surface area contributed by atoms with E-state index in [-0.39, 0.29) is 23.0 Å². The summed E-state index contributed by atoms with van der Waals surface area (Å²) in [5.74, 6) is -0.434. The van der Waals surface area contributed by atoms with Gasteiger partial charge in [0.25, 0.3) is 10.0 Å². The van der Waals surface area contributed by atoms with Crippen molar-refractivity contribution in [3.63, 3.8) is 0 Å².